The van der Waals surface area contributed by atoms with E-state index in [0.29, 0.717) is 23.9 Å². The molecule has 0 bridgehead atoms. The van der Waals surface area contributed by atoms with Gasteiger partial charge in [-0.1, -0.05) is 18.5 Å². The van der Waals surface area contributed by atoms with Crippen LogP contribution in [0, 0.1) is 0 Å². The highest BCUT2D eigenvalue weighted by Gasteiger charge is 2.25. The van der Waals surface area contributed by atoms with Gasteiger partial charge in [-0.15, -0.1) is 0 Å². The van der Waals surface area contributed by atoms with Gasteiger partial charge >= 0.3 is 0 Å². The molecule has 1 saturated heterocycles. The molecule has 0 aliphatic carbocycles. The topological polar surface area (TPSA) is 78.0 Å². The standard InChI is InChI=1S/C19H30ClN5O2/c1-4-9-22-18(26)7-10-23-19(21-2)24-15-8-11-25(13-15)16-12-14(20)5-6-17(16)27-3/h5-6,12,15H,4,7-11,13H2,1-3H3,(H,22,26)(H2,21,23,24). The van der Waals surface area contributed by atoms with Gasteiger partial charge in [-0.05, 0) is 31.0 Å². The Balaban J connectivity index is 1.82. The first-order chi connectivity index (χ1) is 13.1. The van der Waals surface area contributed by atoms with E-state index in [2.05, 4.69) is 25.8 Å². The predicted octanol–water partition coefficient (Wildman–Crippen LogP) is 2.01. The molecule has 1 aliphatic rings. The van der Waals surface area contributed by atoms with Crippen molar-refractivity contribution in [1.82, 2.24) is 16.0 Å². The van der Waals surface area contributed by atoms with E-state index in [1.165, 1.54) is 0 Å². The van der Waals surface area contributed by atoms with Crippen molar-refractivity contribution in [1.29, 1.82) is 0 Å². The van der Waals surface area contributed by atoms with Crippen LogP contribution in [0.2, 0.25) is 5.02 Å². The van der Waals surface area contributed by atoms with Gasteiger partial charge in [-0.2, -0.15) is 0 Å². The zero-order chi connectivity index (χ0) is 19.6. The Morgan fingerprint density at radius 1 is 1.37 bits per heavy atom. The Morgan fingerprint density at radius 2 is 2.19 bits per heavy atom. The van der Waals surface area contributed by atoms with Crippen LogP contribution in [0.15, 0.2) is 23.2 Å². The van der Waals surface area contributed by atoms with Crippen molar-refractivity contribution in [2.75, 3.05) is 45.2 Å². The fourth-order valence-electron chi connectivity index (χ4n) is 3.04. The average Bonchev–Trinajstić information content (AvgIpc) is 3.13. The highest BCUT2D eigenvalue weighted by atomic mass is 35.5. The molecule has 27 heavy (non-hydrogen) atoms. The van der Waals surface area contributed by atoms with E-state index in [9.17, 15) is 4.79 Å². The minimum atomic E-state index is 0.0555. The molecule has 1 aromatic rings. The summed E-state index contributed by atoms with van der Waals surface area (Å²) in [6.07, 6.45) is 2.35. The first kappa shape index (κ1) is 21.2. The van der Waals surface area contributed by atoms with Crippen LogP contribution < -0.4 is 25.6 Å². The number of benzene rings is 1. The number of rotatable bonds is 8. The van der Waals surface area contributed by atoms with Crippen molar-refractivity contribution < 1.29 is 9.53 Å². The molecule has 2 rings (SSSR count). The van der Waals surface area contributed by atoms with Gasteiger partial charge in [0, 0.05) is 50.7 Å². The van der Waals surface area contributed by atoms with Crippen LogP contribution in [-0.4, -0.2) is 58.2 Å². The van der Waals surface area contributed by atoms with Gasteiger partial charge in [0.2, 0.25) is 5.91 Å². The smallest absolute Gasteiger partial charge is 0.221 e. The number of hydrogen-bond donors (Lipinski definition) is 3. The fraction of sp³-hybridized carbons (Fsp3) is 0.579. The van der Waals surface area contributed by atoms with Crippen LogP contribution in [0.1, 0.15) is 26.2 Å². The molecule has 1 heterocycles. The number of hydrogen-bond acceptors (Lipinski definition) is 4. The second-order valence-corrected chi connectivity index (χ2v) is 6.93. The van der Waals surface area contributed by atoms with Gasteiger partial charge in [0.25, 0.3) is 0 Å². The molecule has 8 heteroatoms. The Hall–Kier alpha value is -2.15. The van der Waals surface area contributed by atoms with Crippen LogP contribution in [0.3, 0.4) is 0 Å². The van der Waals surface area contributed by atoms with Crippen LogP contribution in [0.5, 0.6) is 5.75 Å². The molecule has 1 fully saturated rings. The molecule has 1 amide bonds. The van der Waals surface area contributed by atoms with Crippen molar-refractivity contribution >= 4 is 29.2 Å². The molecular weight excluding hydrogens is 366 g/mol. The SMILES string of the molecule is CCCNC(=O)CCNC(=NC)NC1CCN(c2cc(Cl)ccc2OC)C1. The lowest BCUT2D eigenvalue weighted by molar-refractivity contribution is -0.120. The van der Waals surface area contributed by atoms with Crippen LogP contribution in [0.4, 0.5) is 5.69 Å². The summed E-state index contributed by atoms with van der Waals surface area (Å²) < 4.78 is 5.46. The molecule has 0 radical (unpaired) electrons. The fourth-order valence-corrected chi connectivity index (χ4v) is 3.21. The molecular formula is C19H30ClN5O2. The predicted molar refractivity (Wildman–Crippen MR) is 111 cm³/mol. The zero-order valence-electron chi connectivity index (χ0n) is 16.3. The minimum Gasteiger partial charge on any atom is -0.495 e. The van der Waals surface area contributed by atoms with Gasteiger partial charge in [-0.25, -0.2) is 0 Å². The number of nitrogens with zero attached hydrogens (tertiary/aromatic N) is 2. The Labute approximate surface area is 166 Å². The summed E-state index contributed by atoms with van der Waals surface area (Å²) in [4.78, 5) is 18.2. The zero-order valence-corrected chi connectivity index (χ0v) is 17.1. The number of aliphatic imine (C=N–C) groups is 1. The molecule has 1 aliphatic heterocycles. The number of guanidine groups is 1. The summed E-state index contributed by atoms with van der Waals surface area (Å²) in [7, 11) is 3.40. The monoisotopic (exact) mass is 395 g/mol. The molecule has 1 unspecified atom stereocenters. The van der Waals surface area contributed by atoms with Crippen molar-refractivity contribution in [3.8, 4) is 5.75 Å². The van der Waals surface area contributed by atoms with Gasteiger partial charge in [0.15, 0.2) is 5.96 Å². The van der Waals surface area contributed by atoms with Gasteiger partial charge in [0.1, 0.15) is 5.75 Å². The lowest BCUT2D eigenvalue weighted by Crippen LogP contribution is -2.45. The molecule has 0 saturated carbocycles. The summed E-state index contributed by atoms with van der Waals surface area (Å²) in [5.41, 5.74) is 1.00. The highest BCUT2D eigenvalue weighted by Crippen LogP contribution is 2.33. The van der Waals surface area contributed by atoms with E-state index in [1.54, 1.807) is 14.2 Å². The van der Waals surface area contributed by atoms with Gasteiger partial charge in [0.05, 0.1) is 12.8 Å². The quantitative estimate of drug-likeness (QED) is 0.463. The molecule has 0 spiro atoms. The van der Waals surface area contributed by atoms with Crippen LogP contribution in [0.25, 0.3) is 0 Å². The molecule has 1 aromatic carbocycles. The number of halogens is 1. The number of amides is 1. The molecule has 3 N–H and O–H groups in total. The van der Waals surface area contributed by atoms with Crippen molar-refractivity contribution in [2.24, 2.45) is 4.99 Å². The van der Waals surface area contributed by atoms with Gasteiger partial charge < -0.3 is 25.6 Å². The summed E-state index contributed by atoms with van der Waals surface area (Å²) in [5.74, 6) is 1.59. The lowest BCUT2D eigenvalue weighted by Gasteiger charge is -2.22. The third-order valence-corrected chi connectivity index (χ3v) is 4.69. The lowest BCUT2D eigenvalue weighted by atomic mass is 10.2. The maximum absolute atomic E-state index is 11.7. The Kier molecular flexibility index (Phi) is 8.51. The van der Waals surface area contributed by atoms with E-state index < -0.39 is 0 Å². The van der Waals surface area contributed by atoms with E-state index in [1.807, 2.05) is 25.1 Å². The van der Waals surface area contributed by atoms with E-state index in [0.717, 1.165) is 43.9 Å². The number of methoxy groups -OCH3 is 1. The number of anilines is 1. The van der Waals surface area contributed by atoms with Crippen molar-refractivity contribution in [3.05, 3.63) is 23.2 Å². The van der Waals surface area contributed by atoms with Crippen molar-refractivity contribution in [3.63, 3.8) is 0 Å². The highest BCUT2D eigenvalue weighted by molar-refractivity contribution is 6.30. The number of carbonyl (C=O) groups is 1. The first-order valence-electron chi connectivity index (χ1n) is 9.39. The normalized spacial score (nSPS) is 17.0. The largest absolute Gasteiger partial charge is 0.495 e. The average molecular weight is 396 g/mol. The number of carbonyl (C=O) groups excluding carboxylic acids is 1. The third kappa shape index (κ3) is 6.50. The van der Waals surface area contributed by atoms with Crippen molar-refractivity contribution in [2.45, 2.75) is 32.2 Å². The Morgan fingerprint density at radius 3 is 2.89 bits per heavy atom. The third-order valence-electron chi connectivity index (χ3n) is 4.45. The molecule has 150 valence electrons. The number of nitrogens with one attached hydrogen (secondary N) is 3. The minimum absolute atomic E-state index is 0.0555. The van der Waals surface area contributed by atoms with E-state index >= 15 is 0 Å². The summed E-state index contributed by atoms with van der Waals surface area (Å²) in [5, 5.41) is 10.2. The molecule has 7 nitrogen and oxygen atoms in total. The second kappa shape index (κ2) is 10.9. The molecule has 0 aromatic heterocycles. The maximum atomic E-state index is 11.7. The summed E-state index contributed by atoms with van der Waals surface area (Å²) in [6, 6.07) is 5.92. The second-order valence-electron chi connectivity index (χ2n) is 6.49. The maximum Gasteiger partial charge on any atom is 0.221 e. The summed E-state index contributed by atoms with van der Waals surface area (Å²) in [6.45, 7) is 5.04. The van der Waals surface area contributed by atoms with Crippen LogP contribution >= 0.6 is 11.6 Å². The first-order valence-corrected chi connectivity index (χ1v) is 9.77. The number of ether oxygens (including phenoxy) is 1. The summed E-state index contributed by atoms with van der Waals surface area (Å²) >= 11 is 6.15. The van der Waals surface area contributed by atoms with E-state index in [-0.39, 0.29) is 11.9 Å². The Bertz CT molecular complexity index is 653. The molecule has 1 atom stereocenters. The van der Waals surface area contributed by atoms with Crippen LogP contribution in [-0.2, 0) is 4.79 Å². The van der Waals surface area contributed by atoms with Gasteiger partial charge in [-0.3, -0.25) is 9.79 Å². The van der Waals surface area contributed by atoms with E-state index in [4.69, 9.17) is 16.3 Å².